The van der Waals surface area contributed by atoms with Crippen LogP contribution in [0.15, 0.2) is 0 Å². The molecule has 0 fully saturated rings. The van der Waals surface area contributed by atoms with Gasteiger partial charge >= 0.3 is 0 Å². The summed E-state index contributed by atoms with van der Waals surface area (Å²) in [6.07, 6.45) is 17.2. The van der Waals surface area contributed by atoms with Crippen LogP contribution in [0.4, 0.5) is 0 Å². The maximum absolute atomic E-state index is 6.12. The summed E-state index contributed by atoms with van der Waals surface area (Å²) >= 11 is 0. The zero-order chi connectivity index (χ0) is 14.2. The van der Waals surface area contributed by atoms with Gasteiger partial charge in [0.25, 0.3) is 0 Å². The van der Waals surface area contributed by atoms with Crippen LogP contribution in [0.5, 0.6) is 0 Å². The molecule has 0 aromatic heterocycles. The van der Waals surface area contributed by atoms with E-state index in [1.54, 1.807) is 0 Å². The fourth-order valence-corrected chi connectivity index (χ4v) is 4.01. The lowest BCUT2D eigenvalue weighted by atomic mass is 10.1. The smallest absolute Gasteiger partial charge is 0.161 e. The fourth-order valence-electron chi connectivity index (χ4n) is 2.62. The highest BCUT2D eigenvalue weighted by molar-refractivity contribution is 6.27. The van der Waals surface area contributed by atoms with Crippen LogP contribution >= 0.6 is 0 Å². The Morgan fingerprint density at radius 3 is 1.74 bits per heavy atom. The number of hydrogen-bond acceptors (Lipinski definition) is 1. The Bertz CT molecular complexity index is 155. The van der Waals surface area contributed by atoms with Gasteiger partial charge in [0.15, 0.2) is 9.76 Å². The van der Waals surface area contributed by atoms with E-state index in [9.17, 15) is 0 Å². The molecule has 0 atom stereocenters. The van der Waals surface area contributed by atoms with Gasteiger partial charge in [-0.15, -0.1) is 0 Å². The molecular formula is C17H38OSi. The lowest BCUT2D eigenvalue weighted by Gasteiger charge is -2.16. The van der Waals surface area contributed by atoms with Crippen LogP contribution in [0.3, 0.4) is 0 Å². The molecule has 2 heteroatoms. The van der Waals surface area contributed by atoms with Crippen LogP contribution in [0.25, 0.3) is 0 Å². The van der Waals surface area contributed by atoms with E-state index in [1.807, 2.05) is 0 Å². The van der Waals surface area contributed by atoms with Gasteiger partial charge in [-0.1, -0.05) is 85.0 Å². The van der Waals surface area contributed by atoms with Gasteiger partial charge in [-0.2, -0.15) is 0 Å². The molecule has 0 heterocycles. The minimum Gasteiger partial charge on any atom is -0.421 e. The second-order valence-corrected chi connectivity index (χ2v) is 7.35. The molecule has 0 saturated carbocycles. The summed E-state index contributed by atoms with van der Waals surface area (Å²) in [5, 5.41) is 0. The Kier molecular flexibility index (Phi) is 16.4. The van der Waals surface area contributed by atoms with Crippen LogP contribution in [0.1, 0.15) is 97.8 Å². The van der Waals surface area contributed by atoms with E-state index < -0.39 is 0 Å². The summed E-state index contributed by atoms with van der Waals surface area (Å²) in [7, 11) is -0.224. The van der Waals surface area contributed by atoms with Gasteiger partial charge in [0.05, 0.1) is 0 Å². The van der Waals surface area contributed by atoms with Crippen LogP contribution in [0, 0.1) is 0 Å². The molecule has 0 radical (unpaired) electrons. The van der Waals surface area contributed by atoms with E-state index in [1.165, 1.54) is 83.1 Å². The third kappa shape index (κ3) is 14.4. The normalized spacial score (nSPS) is 12.0. The van der Waals surface area contributed by atoms with Gasteiger partial charge in [0, 0.05) is 6.10 Å². The molecule has 0 spiro atoms. The van der Waals surface area contributed by atoms with Gasteiger partial charge in [-0.3, -0.25) is 0 Å². The average molecular weight is 287 g/mol. The van der Waals surface area contributed by atoms with Crippen molar-refractivity contribution in [3.8, 4) is 0 Å². The van der Waals surface area contributed by atoms with Crippen molar-refractivity contribution in [2.45, 2.75) is 110 Å². The predicted octanol–water partition coefficient (Wildman–Crippen LogP) is 5.61. The lowest BCUT2D eigenvalue weighted by Crippen LogP contribution is -2.15. The highest BCUT2D eigenvalue weighted by Gasteiger charge is 2.05. The average Bonchev–Trinajstić information content (AvgIpc) is 2.41. The highest BCUT2D eigenvalue weighted by Crippen LogP contribution is 2.12. The van der Waals surface area contributed by atoms with Crippen molar-refractivity contribution in [2.75, 3.05) is 0 Å². The van der Waals surface area contributed by atoms with Crippen molar-refractivity contribution >= 4 is 9.76 Å². The minimum atomic E-state index is -0.224. The maximum Gasteiger partial charge on any atom is 0.161 e. The molecule has 19 heavy (non-hydrogen) atoms. The molecule has 0 aromatic rings. The Balaban J connectivity index is 3.20. The number of hydrogen-bond donors (Lipinski definition) is 0. The van der Waals surface area contributed by atoms with E-state index in [0.29, 0.717) is 6.10 Å². The van der Waals surface area contributed by atoms with Crippen LogP contribution in [-0.4, -0.2) is 15.9 Å². The van der Waals surface area contributed by atoms with Crippen LogP contribution in [0.2, 0.25) is 6.04 Å². The number of rotatable bonds is 15. The summed E-state index contributed by atoms with van der Waals surface area (Å²) in [5.74, 6) is 0. The quantitative estimate of drug-likeness (QED) is 0.281. The largest absolute Gasteiger partial charge is 0.421 e. The second kappa shape index (κ2) is 16.2. The van der Waals surface area contributed by atoms with Crippen LogP contribution < -0.4 is 0 Å². The van der Waals surface area contributed by atoms with Crippen molar-refractivity contribution in [3.05, 3.63) is 0 Å². The minimum absolute atomic E-state index is 0.224. The SMILES string of the molecule is CCCCCCCCCC[SiH2]OC(CCC)CCC. The second-order valence-electron chi connectivity index (χ2n) is 5.90. The first-order valence-corrected chi connectivity index (χ1v) is 10.5. The van der Waals surface area contributed by atoms with E-state index >= 15 is 0 Å². The molecule has 0 aliphatic heterocycles. The first-order valence-electron chi connectivity index (χ1n) is 8.96. The van der Waals surface area contributed by atoms with E-state index in [-0.39, 0.29) is 9.76 Å². The third-order valence-corrected chi connectivity index (χ3v) is 5.32. The maximum atomic E-state index is 6.12. The molecule has 0 amide bonds. The van der Waals surface area contributed by atoms with Crippen LogP contribution in [-0.2, 0) is 4.43 Å². The molecule has 0 aromatic carbocycles. The van der Waals surface area contributed by atoms with E-state index in [4.69, 9.17) is 4.43 Å². The predicted molar refractivity (Wildman–Crippen MR) is 90.7 cm³/mol. The Labute approximate surface area is 124 Å². The summed E-state index contributed by atoms with van der Waals surface area (Å²) in [4.78, 5) is 0. The van der Waals surface area contributed by atoms with Gasteiger partial charge in [-0.25, -0.2) is 0 Å². The van der Waals surface area contributed by atoms with Gasteiger partial charge in [0.2, 0.25) is 0 Å². The Hall–Kier alpha value is 0.177. The summed E-state index contributed by atoms with van der Waals surface area (Å²) < 4.78 is 6.12. The number of unbranched alkanes of at least 4 members (excludes halogenated alkanes) is 7. The van der Waals surface area contributed by atoms with Gasteiger partial charge in [-0.05, 0) is 18.9 Å². The molecule has 0 bridgehead atoms. The highest BCUT2D eigenvalue weighted by atomic mass is 28.2. The first kappa shape index (κ1) is 19.2. The standard InChI is InChI=1S/C17H38OSi/c1-4-7-8-9-10-11-12-13-16-19-18-17(14-5-2)15-6-3/h17H,4-16,19H2,1-3H3. The van der Waals surface area contributed by atoms with Crippen molar-refractivity contribution in [3.63, 3.8) is 0 Å². The lowest BCUT2D eigenvalue weighted by molar-refractivity contribution is 0.187. The van der Waals surface area contributed by atoms with Gasteiger partial charge < -0.3 is 4.43 Å². The summed E-state index contributed by atoms with van der Waals surface area (Å²) in [6, 6.07) is 1.40. The molecule has 1 nitrogen and oxygen atoms in total. The molecule has 0 aliphatic carbocycles. The summed E-state index contributed by atoms with van der Waals surface area (Å²) in [6.45, 7) is 6.83. The zero-order valence-corrected chi connectivity index (χ0v) is 15.3. The Morgan fingerprint density at radius 1 is 0.684 bits per heavy atom. The molecule has 116 valence electrons. The van der Waals surface area contributed by atoms with E-state index in [0.717, 1.165) is 0 Å². The summed E-state index contributed by atoms with van der Waals surface area (Å²) in [5.41, 5.74) is 0. The first-order chi connectivity index (χ1) is 9.35. The molecule has 0 saturated heterocycles. The molecular weight excluding hydrogens is 248 g/mol. The molecule has 0 aliphatic rings. The van der Waals surface area contributed by atoms with Gasteiger partial charge in [0.1, 0.15) is 0 Å². The van der Waals surface area contributed by atoms with E-state index in [2.05, 4.69) is 20.8 Å². The zero-order valence-electron chi connectivity index (χ0n) is 13.9. The van der Waals surface area contributed by atoms with Crippen molar-refractivity contribution in [1.29, 1.82) is 0 Å². The molecule has 0 rings (SSSR count). The topological polar surface area (TPSA) is 9.23 Å². The Morgan fingerprint density at radius 2 is 1.21 bits per heavy atom. The van der Waals surface area contributed by atoms with Crippen molar-refractivity contribution < 1.29 is 4.43 Å². The monoisotopic (exact) mass is 286 g/mol. The molecule has 0 N–H and O–H groups in total. The van der Waals surface area contributed by atoms with Crippen molar-refractivity contribution in [1.82, 2.24) is 0 Å². The fraction of sp³-hybridized carbons (Fsp3) is 1.00. The third-order valence-electron chi connectivity index (χ3n) is 3.82. The molecule has 0 unspecified atom stereocenters. The van der Waals surface area contributed by atoms with Crippen molar-refractivity contribution in [2.24, 2.45) is 0 Å².